The topological polar surface area (TPSA) is 41.1 Å². The molecular formula is C15H23ClN2O. The lowest BCUT2D eigenvalue weighted by Crippen LogP contribution is -2.33. The highest BCUT2D eigenvalue weighted by Gasteiger charge is 2.14. The standard InChI is InChI=1S/C15H23ClN2O/c1-4-6-7-11(3)18-15(19)13-10-12(16)8-9-14(13)17-5-2/h8-11,17H,4-7H2,1-3H3,(H,18,19). The number of hydrogen-bond donors (Lipinski definition) is 2. The van der Waals surface area contributed by atoms with Gasteiger partial charge < -0.3 is 10.6 Å². The normalized spacial score (nSPS) is 12.0. The Kier molecular flexibility index (Phi) is 6.71. The number of carbonyl (C=O) groups is 1. The molecule has 0 bridgehead atoms. The van der Waals surface area contributed by atoms with Crippen molar-refractivity contribution in [2.75, 3.05) is 11.9 Å². The van der Waals surface area contributed by atoms with Crippen molar-refractivity contribution in [1.82, 2.24) is 5.32 Å². The summed E-state index contributed by atoms with van der Waals surface area (Å²) < 4.78 is 0. The van der Waals surface area contributed by atoms with Gasteiger partial charge in [0, 0.05) is 23.3 Å². The van der Waals surface area contributed by atoms with Crippen LogP contribution in [0.25, 0.3) is 0 Å². The molecule has 1 amide bonds. The fraction of sp³-hybridized carbons (Fsp3) is 0.533. The molecule has 106 valence electrons. The molecule has 0 aliphatic rings. The van der Waals surface area contributed by atoms with Crippen molar-refractivity contribution < 1.29 is 4.79 Å². The van der Waals surface area contributed by atoms with Crippen molar-refractivity contribution in [2.24, 2.45) is 0 Å². The molecule has 1 unspecified atom stereocenters. The molecule has 1 rings (SSSR count). The van der Waals surface area contributed by atoms with E-state index in [0.29, 0.717) is 10.6 Å². The zero-order valence-corrected chi connectivity index (χ0v) is 12.7. The molecule has 0 aliphatic heterocycles. The third kappa shape index (κ3) is 5.11. The summed E-state index contributed by atoms with van der Waals surface area (Å²) in [6.45, 7) is 6.95. The van der Waals surface area contributed by atoms with Gasteiger partial charge in [0.05, 0.1) is 5.56 Å². The first-order valence-corrected chi connectivity index (χ1v) is 7.30. The number of anilines is 1. The van der Waals surface area contributed by atoms with E-state index in [2.05, 4.69) is 17.6 Å². The zero-order chi connectivity index (χ0) is 14.3. The van der Waals surface area contributed by atoms with Gasteiger partial charge in [0.15, 0.2) is 0 Å². The predicted octanol–water partition coefficient (Wildman–Crippen LogP) is 4.08. The quantitative estimate of drug-likeness (QED) is 0.791. The van der Waals surface area contributed by atoms with Crippen molar-refractivity contribution in [3.63, 3.8) is 0 Å². The number of carbonyl (C=O) groups excluding carboxylic acids is 1. The molecule has 1 aromatic carbocycles. The lowest BCUT2D eigenvalue weighted by Gasteiger charge is -2.16. The summed E-state index contributed by atoms with van der Waals surface area (Å²) in [5.41, 5.74) is 1.43. The number of hydrogen-bond acceptors (Lipinski definition) is 2. The summed E-state index contributed by atoms with van der Waals surface area (Å²) in [6.07, 6.45) is 3.26. The SMILES string of the molecule is CCCCC(C)NC(=O)c1cc(Cl)ccc1NCC. The van der Waals surface area contributed by atoms with Crippen molar-refractivity contribution in [3.05, 3.63) is 28.8 Å². The van der Waals surface area contributed by atoms with E-state index in [0.717, 1.165) is 31.5 Å². The van der Waals surface area contributed by atoms with E-state index < -0.39 is 0 Å². The maximum absolute atomic E-state index is 12.3. The molecular weight excluding hydrogens is 260 g/mol. The fourth-order valence-corrected chi connectivity index (χ4v) is 2.11. The van der Waals surface area contributed by atoms with Gasteiger partial charge in [-0.1, -0.05) is 31.4 Å². The lowest BCUT2D eigenvalue weighted by molar-refractivity contribution is 0.0939. The molecule has 1 aromatic rings. The molecule has 0 aliphatic carbocycles. The average Bonchev–Trinajstić information content (AvgIpc) is 2.38. The largest absolute Gasteiger partial charge is 0.385 e. The second kappa shape index (κ2) is 8.05. The summed E-state index contributed by atoms with van der Waals surface area (Å²) in [4.78, 5) is 12.3. The molecule has 0 spiro atoms. The Morgan fingerprint density at radius 2 is 2.11 bits per heavy atom. The first kappa shape index (κ1) is 15.8. The van der Waals surface area contributed by atoms with E-state index in [9.17, 15) is 4.79 Å². The molecule has 0 fully saturated rings. The van der Waals surface area contributed by atoms with E-state index in [1.54, 1.807) is 12.1 Å². The van der Waals surface area contributed by atoms with E-state index in [1.165, 1.54) is 0 Å². The molecule has 0 saturated carbocycles. The molecule has 3 nitrogen and oxygen atoms in total. The molecule has 0 saturated heterocycles. The minimum Gasteiger partial charge on any atom is -0.385 e. The minimum absolute atomic E-state index is 0.0675. The second-order valence-corrected chi connectivity index (χ2v) is 5.17. The predicted molar refractivity (Wildman–Crippen MR) is 82.1 cm³/mol. The summed E-state index contributed by atoms with van der Waals surface area (Å²) in [5.74, 6) is -0.0675. The minimum atomic E-state index is -0.0675. The second-order valence-electron chi connectivity index (χ2n) is 4.74. The van der Waals surface area contributed by atoms with Crippen LogP contribution >= 0.6 is 11.6 Å². The van der Waals surface area contributed by atoms with Gasteiger partial charge in [-0.15, -0.1) is 0 Å². The summed E-state index contributed by atoms with van der Waals surface area (Å²) in [5, 5.41) is 6.78. The van der Waals surface area contributed by atoms with Gasteiger partial charge in [0.2, 0.25) is 0 Å². The molecule has 0 aromatic heterocycles. The Labute approximate surface area is 120 Å². The molecule has 19 heavy (non-hydrogen) atoms. The lowest BCUT2D eigenvalue weighted by atomic mass is 10.1. The molecule has 1 atom stereocenters. The van der Waals surface area contributed by atoms with Crippen molar-refractivity contribution in [2.45, 2.75) is 46.1 Å². The fourth-order valence-electron chi connectivity index (χ4n) is 1.93. The van der Waals surface area contributed by atoms with E-state index in [1.807, 2.05) is 19.9 Å². The maximum atomic E-state index is 12.3. The highest BCUT2D eigenvalue weighted by molar-refractivity contribution is 6.31. The molecule has 4 heteroatoms. The van der Waals surface area contributed by atoms with Gasteiger partial charge in [-0.05, 0) is 38.5 Å². The summed E-state index contributed by atoms with van der Waals surface area (Å²) in [6, 6.07) is 5.52. The number of amides is 1. The third-order valence-electron chi connectivity index (χ3n) is 2.96. The van der Waals surface area contributed by atoms with Gasteiger partial charge in [-0.25, -0.2) is 0 Å². The van der Waals surface area contributed by atoms with Crippen LogP contribution in [0.1, 0.15) is 50.4 Å². The van der Waals surface area contributed by atoms with Crippen LogP contribution < -0.4 is 10.6 Å². The van der Waals surface area contributed by atoms with Crippen molar-refractivity contribution in [1.29, 1.82) is 0 Å². The van der Waals surface area contributed by atoms with Gasteiger partial charge in [0.1, 0.15) is 0 Å². The van der Waals surface area contributed by atoms with Crippen LogP contribution in [0.2, 0.25) is 5.02 Å². The zero-order valence-electron chi connectivity index (χ0n) is 11.9. The monoisotopic (exact) mass is 282 g/mol. The molecule has 2 N–H and O–H groups in total. The Morgan fingerprint density at radius 3 is 2.74 bits per heavy atom. The Balaban J connectivity index is 2.77. The maximum Gasteiger partial charge on any atom is 0.253 e. The number of rotatable bonds is 7. The van der Waals surface area contributed by atoms with Gasteiger partial charge in [-0.2, -0.15) is 0 Å². The Hall–Kier alpha value is -1.22. The van der Waals surface area contributed by atoms with Crippen LogP contribution in [0.5, 0.6) is 0 Å². The number of halogens is 1. The van der Waals surface area contributed by atoms with Crippen LogP contribution in [0.15, 0.2) is 18.2 Å². The van der Waals surface area contributed by atoms with Gasteiger partial charge >= 0.3 is 0 Å². The van der Waals surface area contributed by atoms with Crippen LogP contribution in [-0.4, -0.2) is 18.5 Å². The van der Waals surface area contributed by atoms with Crippen LogP contribution in [-0.2, 0) is 0 Å². The van der Waals surface area contributed by atoms with Crippen molar-refractivity contribution >= 4 is 23.2 Å². The van der Waals surface area contributed by atoms with E-state index in [-0.39, 0.29) is 11.9 Å². The van der Waals surface area contributed by atoms with Gasteiger partial charge in [-0.3, -0.25) is 4.79 Å². The number of benzene rings is 1. The van der Waals surface area contributed by atoms with E-state index in [4.69, 9.17) is 11.6 Å². The van der Waals surface area contributed by atoms with Crippen LogP contribution in [0.4, 0.5) is 5.69 Å². The number of unbranched alkanes of at least 4 members (excludes halogenated alkanes) is 1. The average molecular weight is 283 g/mol. The molecule has 0 heterocycles. The smallest absolute Gasteiger partial charge is 0.253 e. The Bertz CT molecular complexity index is 421. The van der Waals surface area contributed by atoms with E-state index >= 15 is 0 Å². The Morgan fingerprint density at radius 1 is 1.37 bits per heavy atom. The van der Waals surface area contributed by atoms with Crippen molar-refractivity contribution in [3.8, 4) is 0 Å². The molecule has 0 radical (unpaired) electrons. The number of nitrogens with one attached hydrogen (secondary N) is 2. The summed E-state index contributed by atoms with van der Waals surface area (Å²) >= 11 is 5.97. The first-order valence-electron chi connectivity index (χ1n) is 6.92. The summed E-state index contributed by atoms with van der Waals surface area (Å²) in [7, 11) is 0. The van der Waals surface area contributed by atoms with Gasteiger partial charge in [0.25, 0.3) is 5.91 Å². The highest BCUT2D eigenvalue weighted by Crippen LogP contribution is 2.20. The highest BCUT2D eigenvalue weighted by atomic mass is 35.5. The van der Waals surface area contributed by atoms with Crippen LogP contribution in [0.3, 0.4) is 0 Å². The third-order valence-corrected chi connectivity index (χ3v) is 3.20. The van der Waals surface area contributed by atoms with Crippen LogP contribution in [0, 0.1) is 0 Å². The first-order chi connectivity index (χ1) is 9.08.